The van der Waals surface area contributed by atoms with Crippen LogP contribution in [0.25, 0.3) is 0 Å². The highest BCUT2D eigenvalue weighted by Gasteiger charge is 2.54. The van der Waals surface area contributed by atoms with E-state index in [4.69, 9.17) is 0 Å². The Kier molecular flexibility index (Phi) is 2.01. The summed E-state index contributed by atoms with van der Waals surface area (Å²) < 4.78 is 2.27. The average molecular weight is 257 g/mol. The summed E-state index contributed by atoms with van der Waals surface area (Å²) in [5.41, 5.74) is 0.617. The third-order valence-electron chi connectivity index (χ3n) is 6.50. The van der Waals surface area contributed by atoms with E-state index in [1.165, 1.54) is 25.7 Å². The van der Waals surface area contributed by atoms with Gasteiger partial charge in [-0.3, -0.25) is 0 Å². The minimum atomic E-state index is 0.617. The topological polar surface area (TPSA) is 29.9 Å². The number of fused-ring (bicyclic) bond motifs is 1. The summed E-state index contributed by atoms with van der Waals surface area (Å²) >= 11 is 0. The van der Waals surface area contributed by atoms with Crippen LogP contribution >= 0.6 is 0 Å². The zero-order valence-electron chi connectivity index (χ0n) is 11.5. The number of aromatic nitrogens is 2. The summed E-state index contributed by atoms with van der Waals surface area (Å²) in [5, 5.41) is 3.79. The number of nitrogens with one attached hydrogen (secondary N) is 1. The smallest absolute Gasteiger partial charge is 0.203 e. The highest BCUT2D eigenvalue weighted by atomic mass is 15.2. The third kappa shape index (κ3) is 1.47. The van der Waals surface area contributed by atoms with Gasteiger partial charge in [0.2, 0.25) is 5.95 Å². The maximum Gasteiger partial charge on any atom is 0.203 e. The van der Waals surface area contributed by atoms with E-state index in [0.717, 1.165) is 30.2 Å². The molecule has 4 saturated carbocycles. The van der Waals surface area contributed by atoms with Gasteiger partial charge >= 0.3 is 0 Å². The minimum absolute atomic E-state index is 0.617. The Morgan fingerprint density at radius 1 is 1.11 bits per heavy atom. The van der Waals surface area contributed by atoms with Gasteiger partial charge in [0.05, 0.1) is 0 Å². The van der Waals surface area contributed by atoms with Crippen molar-refractivity contribution in [1.82, 2.24) is 9.55 Å². The Morgan fingerprint density at radius 2 is 1.79 bits per heavy atom. The molecule has 3 heteroatoms. The van der Waals surface area contributed by atoms with Crippen molar-refractivity contribution in [3.63, 3.8) is 0 Å². The van der Waals surface area contributed by atoms with Crippen molar-refractivity contribution < 1.29 is 0 Å². The van der Waals surface area contributed by atoms with Gasteiger partial charge in [0, 0.05) is 25.0 Å². The summed E-state index contributed by atoms with van der Waals surface area (Å²) in [5.74, 6) is 4.27. The van der Waals surface area contributed by atoms with Crippen LogP contribution in [-0.4, -0.2) is 15.6 Å². The molecule has 0 aromatic carbocycles. The molecule has 1 aromatic rings. The number of imidazole rings is 1. The van der Waals surface area contributed by atoms with E-state index in [-0.39, 0.29) is 0 Å². The van der Waals surface area contributed by atoms with Gasteiger partial charge in [-0.2, -0.15) is 0 Å². The van der Waals surface area contributed by atoms with Crippen LogP contribution in [0.3, 0.4) is 0 Å². The first kappa shape index (κ1) is 10.8. The second kappa shape index (κ2) is 3.56. The molecule has 2 heterocycles. The molecule has 6 rings (SSSR count). The molecule has 1 aliphatic heterocycles. The number of rotatable bonds is 1. The first-order valence-electron chi connectivity index (χ1n) is 8.08. The average Bonchev–Trinajstić information content (AvgIpc) is 2.84. The van der Waals surface area contributed by atoms with Gasteiger partial charge in [0.1, 0.15) is 0 Å². The normalized spacial score (nSPS) is 46.9. The molecular formula is C16H23N3. The third-order valence-corrected chi connectivity index (χ3v) is 6.50. The lowest BCUT2D eigenvalue weighted by Crippen LogP contribution is -2.55. The quantitative estimate of drug-likeness (QED) is 0.836. The fourth-order valence-corrected chi connectivity index (χ4v) is 6.19. The largest absolute Gasteiger partial charge is 0.352 e. The van der Waals surface area contributed by atoms with Crippen LogP contribution in [0.1, 0.15) is 44.9 Å². The summed E-state index contributed by atoms with van der Waals surface area (Å²) in [6, 6.07) is 0.691. The predicted molar refractivity (Wildman–Crippen MR) is 74.9 cm³/mol. The van der Waals surface area contributed by atoms with E-state index < -0.39 is 0 Å². The molecule has 4 bridgehead atoms. The Labute approximate surface area is 114 Å². The Hall–Kier alpha value is -0.990. The van der Waals surface area contributed by atoms with E-state index in [1.54, 1.807) is 19.3 Å². The predicted octanol–water partition coefficient (Wildman–Crippen LogP) is 3.28. The molecule has 1 atom stereocenters. The molecule has 0 spiro atoms. The maximum atomic E-state index is 4.49. The summed E-state index contributed by atoms with van der Waals surface area (Å²) in [4.78, 5) is 4.49. The fourth-order valence-electron chi connectivity index (χ4n) is 6.19. The summed E-state index contributed by atoms with van der Waals surface area (Å²) in [6.07, 6.45) is 14.5. The fraction of sp³-hybridized carbons (Fsp3) is 0.812. The Morgan fingerprint density at radius 3 is 2.47 bits per heavy atom. The SMILES string of the molecule is c1cn2c(n1)NC(C13CC4CC(CC(C4)C1)C3)CC2. The molecular weight excluding hydrogens is 234 g/mol. The molecule has 0 radical (unpaired) electrons. The summed E-state index contributed by atoms with van der Waals surface area (Å²) in [6.45, 7) is 1.16. The second-order valence-electron chi connectivity index (χ2n) is 7.71. The molecule has 1 aromatic heterocycles. The van der Waals surface area contributed by atoms with E-state index in [2.05, 4.69) is 21.1 Å². The minimum Gasteiger partial charge on any atom is -0.352 e. The van der Waals surface area contributed by atoms with Crippen LogP contribution in [0.2, 0.25) is 0 Å². The van der Waals surface area contributed by atoms with Gasteiger partial charge in [-0.1, -0.05) is 0 Å². The lowest BCUT2D eigenvalue weighted by atomic mass is 9.47. The second-order valence-corrected chi connectivity index (χ2v) is 7.71. The van der Waals surface area contributed by atoms with Crippen molar-refractivity contribution in [2.24, 2.45) is 23.2 Å². The molecule has 1 N–H and O–H groups in total. The van der Waals surface area contributed by atoms with Crippen LogP contribution in [0.5, 0.6) is 0 Å². The van der Waals surface area contributed by atoms with E-state index >= 15 is 0 Å². The van der Waals surface area contributed by atoms with Crippen LogP contribution in [0.15, 0.2) is 12.4 Å². The monoisotopic (exact) mass is 257 g/mol. The number of hydrogen-bond donors (Lipinski definition) is 1. The van der Waals surface area contributed by atoms with Crippen LogP contribution in [-0.2, 0) is 6.54 Å². The number of aryl methyl sites for hydroxylation is 1. The maximum absolute atomic E-state index is 4.49. The van der Waals surface area contributed by atoms with Crippen molar-refractivity contribution >= 4 is 5.95 Å². The highest BCUT2D eigenvalue weighted by Crippen LogP contribution is 2.62. The van der Waals surface area contributed by atoms with Crippen LogP contribution < -0.4 is 5.32 Å². The van der Waals surface area contributed by atoms with Gasteiger partial charge in [-0.15, -0.1) is 0 Å². The van der Waals surface area contributed by atoms with Gasteiger partial charge in [0.15, 0.2) is 0 Å². The van der Waals surface area contributed by atoms with Crippen molar-refractivity contribution in [3.05, 3.63) is 12.4 Å². The molecule has 3 nitrogen and oxygen atoms in total. The van der Waals surface area contributed by atoms with Gasteiger partial charge in [-0.05, 0) is 68.1 Å². The summed E-state index contributed by atoms with van der Waals surface area (Å²) in [7, 11) is 0. The van der Waals surface area contributed by atoms with Crippen LogP contribution in [0.4, 0.5) is 5.95 Å². The molecule has 0 amide bonds. The first-order chi connectivity index (χ1) is 9.31. The van der Waals surface area contributed by atoms with Crippen molar-refractivity contribution in [2.75, 3.05) is 5.32 Å². The molecule has 1 unspecified atom stereocenters. The number of anilines is 1. The molecule has 5 aliphatic rings. The highest BCUT2D eigenvalue weighted by molar-refractivity contribution is 5.32. The molecule has 4 fully saturated rings. The Balaban J connectivity index is 1.47. The number of hydrogen-bond acceptors (Lipinski definition) is 2. The van der Waals surface area contributed by atoms with Gasteiger partial charge < -0.3 is 9.88 Å². The lowest BCUT2D eigenvalue weighted by Gasteiger charge is -2.60. The molecule has 102 valence electrons. The van der Waals surface area contributed by atoms with Crippen molar-refractivity contribution in [3.8, 4) is 0 Å². The molecule has 4 aliphatic carbocycles. The number of nitrogens with zero attached hydrogens (tertiary/aromatic N) is 2. The van der Waals surface area contributed by atoms with Crippen LogP contribution in [0, 0.1) is 23.2 Å². The van der Waals surface area contributed by atoms with Crippen molar-refractivity contribution in [2.45, 2.75) is 57.5 Å². The first-order valence-corrected chi connectivity index (χ1v) is 8.08. The van der Waals surface area contributed by atoms with Gasteiger partial charge in [0.25, 0.3) is 0 Å². The van der Waals surface area contributed by atoms with E-state index in [1.807, 2.05) is 6.20 Å². The zero-order chi connectivity index (χ0) is 12.4. The van der Waals surface area contributed by atoms with E-state index in [0.29, 0.717) is 11.5 Å². The van der Waals surface area contributed by atoms with Gasteiger partial charge in [-0.25, -0.2) is 4.98 Å². The van der Waals surface area contributed by atoms with Crippen molar-refractivity contribution in [1.29, 1.82) is 0 Å². The molecule has 0 saturated heterocycles. The lowest BCUT2D eigenvalue weighted by molar-refractivity contribution is -0.0659. The Bertz CT molecular complexity index is 469. The van der Waals surface area contributed by atoms with E-state index in [9.17, 15) is 0 Å². The molecule has 19 heavy (non-hydrogen) atoms. The standard InChI is InChI=1S/C16H23N3/c1-3-19-4-2-17-15(19)18-14(1)16-8-11-5-12(9-16)7-13(6-11)10-16/h2,4,11-14H,1,3,5-10H2,(H,17,18). The zero-order valence-corrected chi connectivity index (χ0v) is 11.5.